The van der Waals surface area contributed by atoms with Crippen molar-refractivity contribution in [3.05, 3.63) is 0 Å². The monoisotopic (exact) mass is 557 g/mol. The van der Waals surface area contributed by atoms with Crippen molar-refractivity contribution >= 4 is 33.7 Å². The molecule has 0 saturated carbocycles. The van der Waals surface area contributed by atoms with E-state index in [0.717, 1.165) is 12.8 Å². The number of aliphatic hydroxyl groups excluding tert-OH is 1. The Balaban J connectivity index is 2.05. The van der Waals surface area contributed by atoms with E-state index in [1.54, 1.807) is 4.90 Å². The standard InChI is InChI=1S/C26H44BrN3O5/c1-9-10-28-21(32)17-18-23(34)30(16(12-31)14(2)3)20(26(18)11-15(27)19(17)35-26)22(33)29-25(7,8)13-24(4,5)6/h14-20,31H,9-13H2,1-8H3,(H,28,32)(H,29,33)/t15?,16-,17+,18-,19+,20?,26?/m0/s1. The zero-order valence-electron chi connectivity index (χ0n) is 22.5. The minimum Gasteiger partial charge on any atom is -0.394 e. The summed E-state index contributed by atoms with van der Waals surface area (Å²) in [5.41, 5.74) is -1.65. The summed E-state index contributed by atoms with van der Waals surface area (Å²) in [6.07, 6.45) is 1.50. The first kappa shape index (κ1) is 28.4. The average Bonchev–Trinajstić information content (AvgIpc) is 3.28. The van der Waals surface area contributed by atoms with Crippen LogP contribution in [-0.4, -0.2) is 75.0 Å². The molecule has 9 heteroatoms. The number of halogens is 1. The first-order chi connectivity index (χ1) is 16.1. The van der Waals surface area contributed by atoms with E-state index < -0.39 is 41.2 Å². The van der Waals surface area contributed by atoms with Crippen molar-refractivity contribution < 1.29 is 24.2 Å². The molecular weight excluding hydrogens is 514 g/mol. The molecule has 7 atom stereocenters. The number of hydrogen-bond donors (Lipinski definition) is 3. The van der Waals surface area contributed by atoms with Crippen LogP contribution >= 0.6 is 15.9 Å². The van der Waals surface area contributed by atoms with Crippen LogP contribution in [0, 0.1) is 23.2 Å². The molecule has 35 heavy (non-hydrogen) atoms. The van der Waals surface area contributed by atoms with Gasteiger partial charge >= 0.3 is 0 Å². The van der Waals surface area contributed by atoms with E-state index in [1.165, 1.54) is 0 Å². The van der Waals surface area contributed by atoms with E-state index in [0.29, 0.717) is 13.0 Å². The quantitative estimate of drug-likeness (QED) is 0.377. The lowest BCUT2D eigenvalue weighted by molar-refractivity contribution is -0.147. The molecule has 3 unspecified atom stereocenters. The minimum atomic E-state index is -1.12. The topological polar surface area (TPSA) is 108 Å². The molecule has 3 aliphatic heterocycles. The summed E-state index contributed by atoms with van der Waals surface area (Å²) in [6.45, 7) is 16.4. The highest BCUT2D eigenvalue weighted by atomic mass is 79.9. The third kappa shape index (κ3) is 5.14. The van der Waals surface area contributed by atoms with Crippen molar-refractivity contribution in [3.8, 4) is 0 Å². The Morgan fingerprint density at radius 2 is 1.86 bits per heavy atom. The van der Waals surface area contributed by atoms with E-state index in [4.69, 9.17) is 4.74 Å². The zero-order valence-corrected chi connectivity index (χ0v) is 24.1. The fourth-order valence-electron chi connectivity index (χ4n) is 6.78. The number of alkyl halides is 1. The second kappa shape index (κ2) is 9.93. The van der Waals surface area contributed by atoms with Gasteiger partial charge in [0.25, 0.3) is 0 Å². The maximum Gasteiger partial charge on any atom is 0.246 e. The molecule has 3 heterocycles. The molecule has 1 spiro atoms. The van der Waals surface area contributed by atoms with Crippen LogP contribution in [0.3, 0.4) is 0 Å². The van der Waals surface area contributed by atoms with Gasteiger partial charge in [-0.05, 0) is 44.4 Å². The summed E-state index contributed by atoms with van der Waals surface area (Å²) in [5.74, 6) is -2.29. The maximum atomic E-state index is 14.0. The molecule has 3 saturated heterocycles. The second-order valence-corrected chi connectivity index (χ2v) is 14.0. The van der Waals surface area contributed by atoms with Crippen LogP contribution in [-0.2, 0) is 19.1 Å². The molecule has 0 aromatic carbocycles. The molecule has 0 aromatic rings. The highest BCUT2D eigenvalue weighted by Gasteiger charge is 2.77. The number of ether oxygens (including phenoxy) is 1. The molecule has 3 amide bonds. The molecule has 200 valence electrons. The van der Waals surface area contributed by atoms with E-state index >= 15 is 0 Å². The minimum absolute atomic E-state index is 0.0138. The SMILES string of the molecule is CCCNC(=O)[C@H]1[C@@H]2OC3(CC2Br)C(C(=O)NC(C)(C)CC(C)(C)C)N([C@@H](CO)C(C)C)C(=O)[C@H]13. The van der Waals surface area contributed by atoms with E-state index in [1.807, 2.05) is 34.6 Å². The lowest BCUT2D eigenvalue weighted by Gasteiger charge is -2.41. The predicted octanol–water partition coefficient (Wildman–Crippen LogP) is 2.61. The maximum absolute atomic E-state index is 14.0. The van der Waals surface area contributed by atoms with Crippen molar-refractivity contribution in [1.29, 1.82) is 0 Å². The Morgan fingerprint density at radius 3 is 2.37 bits per heavy atom. The van der Waals surface area contributed by atoms with Gasteiger partial charge in [0.15, 0.2) is 0 Å². The van der Waals surface area contributed by atoms with Gasteiger partial charge in [-0.25, -0.2) is 0 Å². The summed E-state index contributed by atoms with van der Waals surface area (Å²) >= 11 is 3.69. The molecule has 0 radical (unpaired) electrons. The van der Waals surface area contributed by atoms with E-state index in [-0.39, 0.29) is 40.5 Å². The summed E-state index contributed by atoms with van der Waals surface area (Å²) in [4.78, 5) is 42.7. The largest absolute Gasteiger partial charge is 0.394 e. The van der Waals surface area contributed by atoms with E-state index in [2.05, 4.69) is 47.3 Å². The van der Waals surface area contributed by atoms with Crippen LogP contribution in [0.2, 0.25) is 0 Å². The number of aliphatic hydroxyl groups is 1. The molecule has 2 bridgehead atoms. The number of carbonyl (C=O) groups is 3. The van der Waals surface area contributed by atoms with Crippen LogP contribution in [0.5, 0.6) is 0 Å². The summed E-state index contributed by atoms with van der Waals surface area (Å²) in [6, 6.07) is -1.48. The van der Waals surface area contributed by atoms with Gasteiger partial charge < -0.3 is 25.4 Å². The van der Waals surface area contributed by atoms with Gasteiger partial charge in [-0.15, -0.1) is 0 Å². The Hall–Kier alpha value is -1.19. The summed E-state index contributed by atoms with van der Waals surface area (Å²) in [7, 11) is 0. The smallest absolute Gasteiger partial charge is 0.246 e. The molecule has 8 nitrogen and oxygen atoms in total. The summed E-state index contributed by atoms with van der Waals surface area (Å²) in [5, 5.41) is 16.4. The van der Waals surface area contributed by atoms with Gasteiger partial charge in [0, 0.05) is 16.9 Å². The van der Waals surface area contributed by atoms with Gasteiger partial charge in [-0.3, -0.25) is 14.4 Å². The number of rotatable bonds is 9. The van der Waals surface area contributed by atoms with Crippen molar-refractivity contribution in [2.45, 2.75) is 109 Å². The van der Waals surface area contributed by atoms with Crippen LogP contribution in [0.4, 0.5) is 0 Å². The highest BCUT2D eigenvalue weighted by molar-refractivity contribution is 9.09. The van der Waals surface area contributed by atoms with Crippen molar-refractivity contribution in [2.75, 3.05) is 13.2 Å². The number of likely N-dealkylation sites (tertiary alicyclic amines) is 1. The first-order valence-electron chi connectivity index (χ1n) is 12.9. The van der Waals surface area contributed by atoms with Crippen molar-refractivity contribution in [3.63, 3.8) is 0 Å². The number of fused-ring (bicyclic) bond motifs is 1. The Bertz CT molecular complexity index is 841. The predicted molar refractivity (Wildman–Crippen MR) is 138 cm³/mol. The molecular formula is C26H44BrN3O5. The van der Waals surface area contributed by atoms with E-state index in [9.17, 15) is 19.5 Å². The number of hydrogen-bond acceptors (Lipinski definition) is 5. The lowest BCUT2D eigenvalue weighted by atomic mass is 9.70. The van der Waals surface area contributed by atoms with Gasteiger partial charge in [-0.1, -0.05) is 57.5 Å². The second-order valence-electron chi connectivity index (χ2n) is 12.8. The third-order valence-electron chi connectivity index (χ3n) is 7.58. The number of amides is 3. The molecule has 0 aliphatic carbocycles. The Kier molecular flexibility index (Phi) is 8.06. The number of carbonyl (C=O) groups excluding carboxylic acids is 3. The fourth-order valence-corrected chi connectivity index (χ4v) is 7.72. The Labute approximate surface area is 218 Å². The van der Waals surface area contributed by atoms with Crippen LogP contribution in [0.1, 0.15) is 74.7 Å². The van der Waals surface area contributed by atoms with Crippen molar-refractivity contribution in [1.82, 2.24) is 15.5 Å². The Morgan fingerprint density at radius 1 is 1.23 bits per heavy atom. The van der Waals surface area contributed by atoms with Gasteiger partial charge in [0.05, 0.1) is 30.6 Å². The van der Waals surface area contributed by atoms with Gasteiger partial charge in [0.2, 0.25) is 17.7 Å². The normalized spacial score (nSPS) is 33.3. The lowest BCUT2D eigenvalue weighted by Crippen LogP contribution is -2.62. The molecule has 3 fully saturated rings. The van der Waals surface area contributed by atoms with Crippen LogP contribution < -0.4 is 10.6 Å². The highest BCUT2D eigenvalue weighted by Crippen LogP contribution is 2.60. The van der Waals surface area contributed by atoms with Gasteiger partial charge in [0.1, 0.15) is 11.6 Å². The third-order valence-corrected chi connectivity index (χ3v) is 8.42. The van der Waals surface area contributed by atoms with Crippen LogP contribution in [0.15, 0.2) is 0 Å². The number of nitrogens with zero attached hydrogens (tertiary/aromatic N) is 1. The fraction of sp³-hybridized carbons (Fsp3) is 0.885. The van der Waals surface area contributed by atoms with Crippen LogP contribution in [0.25, 0.3) is 0 Å². The zero-order chi connectivity index (χ0) is 26.5. The summed E-state index contributed by atoms with van der Waals surface area (Å²) < 4.78 is 6.52. The molecule has 3 N–H and O–H groups in total. The molecule has 3 aliphatic rings. The average molecular weight is 559 g/mol. The first-order valence-corrected chi connectivity index (χ1v) is 13.9. The molecule has 0 aromatic heterocycles. The van der Waals surface area contributed by atoms with Gasteiger partial charge in [-0.2, -0.15) is 0 Å². The van der Waals surface area contributed by atoms with Crippen molar-refractivity contribution in [2.24, 2.45) is 23.2 Å². The number of nitrogens with one attached hydrogen (secondary N) is 2. The molecule has 3 rings (SSSR count).